The number of hydrogen-bond donors (Lipinski definition) is 1. The molecule has 0 bridgehead atoms. The van der Waals surface area contributed by atoms with E-state index in [1.165, 1.54) is 0 Å². The summed E-state index contributed by atoms with van der Waals surface area (Å²) in [6.07, 6.45) is 3.48. The molecule has 0 atom stereocenters. The first-order chi connectivity index (χ1) is 10.3. The predicted octanol–water partition coefficient (Wildman–Crippen LogP) is 3.85. The molecule has 4 nitrogen and oxygen atoms in total. The number of carbonyl (C=O) groups excluding carboxylic acids is 1. The minimum atomic E-state index is -0.340. The van der Waals surface area contributed by atoms with Crippen LogP contribution in [0, 0.1) is 0 Å². The molecule has 2 aromatic heterocycles. The maximum Gasteiger partial charge on any atom is 0.357 e. The molecule has 0 aliphatic rings. The number of aryl methyl sites for hydroxylation is 1. The van der Waals surface area contributed by atoms with Crippen molar-refractivity contribution in [2.24, 2.45) is 0 Å². The summed E-state index contributed by atoms with van der Waals surface area (Å²) in [4.78, 5) is 19.8. The van der Waals surface area contributed by atoms with Gasteiger partial charge in [0.05, 0.1) is 18.3 Å². The van der Waals surface area contributed by atoms with Crippen LogP contribution >= 0.6 is 0 Å². The highest BCUT2D eigenvalue weighted by atomic mass is 16.5. The molecule has 0 radical (unpaired) electrons. The number of fused-ring (bicyclic) bond motifs is 3. The monoisotopic (exact) mass is 282 g/mol. The molecule has 0 spiro atoms. The molecular formula is C17H18N2O2. The lowest BCUT2D eigenvalue weighted by Gasteiger charge is -2.09. The number of aromatic amines is 1. The Hall–Kier alpha value is -2.36. The van der Waals surface area contributed by atoms with Crippen molar-refractivity contribution in [2.45, 2.75) is 26.7 Å². The van der Waals surface area contributed by atoms with Crippen molar-refractivity contribution in [3.8, 4) is 0 Å². The lowest BCUT2D eigenvalue weighted by molar-refractivity contribution is 0.0518. The van der Waals surface area contributed by atoms with Crippen LogP contribution in [0.5, 0.6) is 0 Å². The van der Waals surface area contributed by atoms with Crippen LogP contribution in [0.4, 0.5) is 0 Å². The standard InChI is InChI=1S/C17H18N2O2/c1-3-7-12-15-11-8-5-6-9-13(11)19-14(15)10-18-16(12)17(20)21-4-2/h5-6,8-10,19H,3-4,7H2,1-2H3. The number of carbonyl (C=O) groups is 1. The maximum absolute atomic E-state index is 12.1. The van der Waals surface area contributed by atoms with E-state index >= 15 is 0 Å². The third-order valence-corrected chi connectivity index (χ3v) is 3.61. The van der Waals surface area contributed by atoms with Crippen LogP contribution in [0.2, 0.25) is 0 Å². The van der Waals surface area contributed by atoms with Gasteiger partial charge in [-0.1, -0.05) is 31.5 Å². The number of rotatable bonds is 4. The number of benzene rings is 1. The van der Waals surface area contributed by atoms with Gasteiger partial charge in [0, 0.05) is 16.3 Å². The van der Waals surface area contributed by atoms with Gasteiger partial charge in [0.2, 0.25) is 0 Å². The summed E-state index contributed by atoms with van der Waals surface area (Å²) in [7, 11) is 0. The van der Waals surface area contributed by atoms with Crippen molar-refractivity contribution in [1.29, 1.82) is 0 Å². The predicted molar refractivity (Wildman–Crippen MR) is 83.6 cm³/mol. The van der Waals surface area contributed by atoms with Crippen molar-refractivity contribution in [1.82, 2.24) is 9.97 Å². The van der Waals surface area contributed by atoms with Gasteiger partial charge in [-0.25, -0.2) is 9.78 Å². The minimum Gasteiger partial charge on any atom is -0.461 e. The highest BCUT2D eigenvalue weighted by Crippen LogP contribution is 2.30. The van der Waals surface area contributed by atoms with E-state index in [0.717, 1.165) is 40.2 Å². The fraction of sp³-hybridized carbons (Fsp3) is 0.294. The minimum absolute atomic E-state index is 0.340. The number of H-pyrrole nitrogens is 1. The molecule has 1 aromatic carbocycles. The summed E-state index contributed by atoms with van der Waals surface area (Å²) in [5.41, 5.74) is 3.45. The molecule has 108 valence electrons. The number of nitrogens with zero attached hydrogens (tertiary/aromatic N) is 1. The lowest BCUT2D eigenvalue weighted by Crippen LogP contribution is -2.11. The van der Waals surface area contributed by atoms with E-state index in [1.807, 2.05) is 25.1 Å². The average molecular weight is 282 g/mol. The van der Waals surface area contributed by atoms with Crippen molar-refractivity contribution < 1.29 is 9.53 Å². The fourth-order valence-corrected chi connectivity index (χ4v) is 2.78. The molecule has 0 unspecified atom stereocenters. The molecule has 0 saturated heterocycles. The second kappa shape index (κ2) is 5.56. The Morgan fingerprint density at radius 3 is 2.81 bits per heavy atom. The molecular weight excluding hydrogens is 264 g/mol. The first kappa shape index (κ1) is 13.6. The van der Waals surface area contributed by atoms with Crippen molar-refractivity contribution in [3.63, 3.8) is 0 Å². The molecule has 2 heterocycles. The third-order valence-electron chi connectivity index (χ3n) is 3.61. The summed E-state index contributed by atoms with van der Waals surface area (Å²) in [5, 5.41) is 2.22. The van der Waals surface area contributed by atoms with E-state index in [9.17, 15) is 4.79 Å². The molecule has 21 heavy (non-hydrogen) atoms. The number of ether oxygens (including phenoxy) is 1. The smallest absolute Gasteiger partial charge is 0.357 e. The van der Waals surface area contributed by atoms with E-state index in [0.29, 0.717) is 12.3 Å². The zero-order chi connectivity index (χ0) is 14.8. The van der Waals surface area contributed by atoms with Crippen LogP contribution in [-0.4, -0.2) is 22.5 Å². The molecule has 3 rings (SSSR count). The zero-order valence-corrected chi connectivity index (χ0v) is 12.3. The van der Waals surface area contributed by atoms with Crippen molar-refractivity contribution in [3.05, 3.63) is 41.7 Å². The van der Waals surface area contributed by atoms with Crippen LogP contribution in [0.3, 0.4) is 0 Å². The summed E-state index contributed by atoms with van der Waals surface area (Å²) in [6.45, 7) is 4.27. The molecule has 0 amide bonds. The molecule has 1 N–H and O–H groups in total. The second-order valence-electron chi connectivity index (χ2n) is 5.02. The SMILES string of the molecule is CCCc1c(C(=O)OCC)ncc2[nH]c3ccccc3c12. The Morgan fingerprint density at radius 1 is 1.24 bits per heavy atom. The van der Waals surface area contributed by atoms with Gasteiger partial charge < -0.3 is 9.72 Å². The van der Waals surface area contributed by atoms with Gasteiger partial charge in [0.15, 0.2) is 5.69 Å². The van der Waals surface area contributed by atoms with E-state index in [2.05, 4.69) is 23.0 Å². The molecule has 0 aliphatic heterocycles. The zero-order valence-electron chi connectivity index (χ0n) is 12.3. The maximum atomic E-state index is 12.1. The van der Waals surface area contributed by atoms with Crippen LogP contribution in [0.25, 0.3) is 21.8 Å². The van der Waals surface area contributed by atoms with E-state index < -0.39 is 0 Å². The van der Waals surface area contributed by atoms with Gasteiger partial charge in [-0.3, -0.25) is 0 Å². The van der Waals surface area contributed by atoms with Gasteiger partial charge >= 0.3 is 5.97 Å². The lowest BCUT2D eigenvalue weighted by atomic mass is 10.0. The van der Waals surface area contributed by atoms with Gasteiger partial charge in [-0.15, -0.1) is 0 Å². The quantitative estimate of drug-likeness (QED) is 0.739. The number of para-hydroxylation sites is 1. The number of hydrogen-bond acceptors (Lipinski definition) is 3. The normalized spacial score (nSPS) is 11.1. The Kier molecular flexibility index (Phi) is 3.60. The summed E-state index contributed by atoms with van der Waals surface area (Å²) < 4.78 is 5.14. The molecule has 3 aromatic rings. The largest absolute Gasteiger partial charge is 0.461 e. The third kappa shape index (κ3) is 2.27. The number of pyridine rings is 1. The van der Waals surface area contributed by atoms with Crippen LogP contribution in [0.1, 0.15) is 36.3 Å². The number of esters is 1. The van der Waals surface area contributed by atoms with Gasteiger partial charge in [-0.2, -0.15) is 0 Å². The second-order valence-corrected chi connectivity index (χ2v) is 5.02. The number of aromatic nitrogens is 2. The van der Waals surface area contributed by atoms with Crippen LogP contribution in [0.15, 0.2) is 30.5 Å². The highest BCUT2D eigenvalue weighted by molar-refractivity contribution is 6.11. The van der Waals surface area contributed by atoms with Crippen LogP contribution in [-0.2, 0) is 11.2 Å². The number of nitrogens with one attached hydrogen (secondary N) is 1. The molecule has 4 heteroatoms. The Balaban J connectivity index is 2.32. The van der Waals surface area contributed by atoms with Crippen LogP contribution < -0.4 is 0 Å². The summed E-state index contributed by atoms with van der Waals surface area (Å²) in [5.74, 6) is -0.340. The molecule has 0 saturated carbocycles. The molecule has 0 fully saturated rings. The Labute approximate surface area is 123 Å². The molecule has 0 aliphatic carbocycles. The highest BCUT2D eigenvalue weighted by Gasteiger charge is 2.19. The van der Waals surface area contributed by atoms with Crippen molar-refractivity contribution >= 4 is 27.8 Å². The van der Waals surface area contributed by atoms with E-state index in [-0.39, 0.29) is 5.97 Å². The van der Waals surface area contributed by atoms with Gasteiger partial charge in [0.1, 0.15) is 0 Å². The van der Waals surface area contributed by atoms with Gasteiger partial charge in [0.25, 0.3) is 0 Å². The Bertz CT molecular complexity index is 805. The fourth-order valence-electron chi connectivity index (χ4n) is 2.78. The first-order valence-corrected chi connectivity index (χ1v) is 7.31. The topological polar surface area (TPSA) is 55.0 Å². The van der Waals surface area contributed by atoms with E-state index in [4.69, 9.17) is 4.74 Å². The average Bonchev–Trinajstić information content (AvgIpc) is 2.86. The van der Waals surface area contributed by atoms with Gasteiger partial charge in [-0.05, 0) is 25.0 Å². The van der Waals surface area contributed by atoms with E-state index in [1.54, 1.807) is 6.20 Å². The van der Waals surface area contributed by atoms with Crippen molar-refractivity contribution in [2.75, 3.05) is 6.61 Å². The Morgan fingerprint density at radius 2 is 2.05 bits per heavy atom. The first-order valence-electron chi connectivity index (χ1n) is 7.31. The summed E-state index contributed by atoms with van der Waals surface area (Å²) in [6, 6.07) is 8.12. The summed E-state index contributed by atoms with van der Waals surface area (Å²) >= 11 is 0.